The highest BCUT2D eigenvalue weighted by atomic mass is 32.2. The molecule has 2 aromatic carbocycles. The second kappa shape index (κ2) is 10.7. The average molecular weight is 478 g/mol. The molecule has 0 aliphatic carbocycles. The summed E-state index contributed by atoms with van der Waals surface area (Å²) in [6, 6.07) is 22.2. The lowest BCUT2D eigenvalue weighted by Gasteiger charge is -2.27. The van der Waals surface area contributed by atoms with E-state index in [9.17, 15) is 4.79 Å². The van der Waals surface area contributed by atoms with Crippen molar-refractivity contribution in [1.29, 1.82) is 0 Å². The predicted octanol–water partition coefficient (Wildman–Crippen LogP) is 5.74. The fourth-order valence-electron chi connectivity index (χ4n) is 3.51. The summed E-state index contributed by atoms with van der Waals surface area (Å²) in [7, 11) is 1.95. The highest BCUT2D eigenvalue weighted by Gasteiger charge is 2.21. The Labute approximate surface area is 202 Å². The van der Waals surface area contributed by atoms with Gasteiger partial charge in [-0.25, -0.2) is 0 Å². The first kappa shape index (κ1) is 23.1. The Balaban J connectivity index is 1.40. The second-order valence-corrected chi connectivity index (χ2v) is 9.87. The van der Waals surface area contributed by atoms with E-state index in [1.807, 2.05) is 91.0 Å². The van der Waals surface area contributed by atoms with Crippen molar-refractivity contribution < 1.29 is 4.79 Å². The van der Waals surface area contributed by atoms with Crippen molar-refractivity contribution in [2.45, 2.75) is 31.5 Å². The molecule has 0 aliphatic rings. The number of nitrogens with zero attached hydrogens (tertiary/aromatic N) is 4. The maximum Gasteiger partial charge on any atom is 0.237 e. The summed E-state index contributed by atoms with van der Waals surface area (Å²) in [6.45, 7) is 4.06. The van der Waals surface area contributed by atoms with E-state index in [0.717, 1.165) is 34.5 Å². The summed E-state index contributed by atoms with van der Waals surface area (Å²) >= 11 is 3.13. The summed E-state index contributed by atoms with van der Waals surface area (Å²) < 4.78 is 1.97. The van der Waals surface area contributed by atoms with Crippen molar-refractivity contribution in [2.24, 2.45) is 7.05 Å². The number of aromatic nitrogens is 3. The Morgan fingerprint density at radius 3 is 2.42 bits per heavy atom. The number of nitrogens with one attached hydrogen (secondary N) is 1. The van der Waals surface area contributed by atoms with E-state index in [1.54, 1.807) is 11.3 Å². The van der Waals surface area contributed by atoms with Gasteiger partial charge in [-0.1, -0.05) is 36.0 Å². The zero-order valence-electron chi connectivity index (χ0n) is 18.9. The van der Waals surface area contributed by atoms with Gasteiger partial charge in [-0.3, -0.25) is 4.79 Å². The zero-order valence-corrected chi connectivity index (χ0v) is 20.6. The first-order chi connectivity index (χ1) is 16.0. The molecule has 0 saturated carbocycles. The number of benzene rings is 2. The monoisotopic (exact) mass is 477 g/mol. The average Bonchev–Trinajstić information content (AvgIpc) is 3.45. The number of carbonyl (C=O) groups is 1. The molecule has 2 aromatic heterocycles. The molecule has 0 radical (unpaired) electrons. The molecule has 0 bridgehead atoms. The quantitative estimate of drug-likeness (QED) is 0.311. The highest BCUT2D eigenvalue weighted by Crippen LogP contribution is 2.25. The molecular formula is C25H27N5OS2. The van der Waals surface area contributed by atoms with Crippen molar-refractivity contribution >= 4 is 46.1 Å². The Kier molecular flexibility index (Phi) is 7.47. The number of thiophene rings is 1. The molecule has 0 aliphatic heterocycles. The van der Waals surface area contributed by atoms with Gasteiger partial charge in [0.15, 0.2) is 5.16 Å². The summed E-state index contributed by atoms with van der Waals surface area (Å²) in [5, 5.41) is 14.8. The predicted molar refractivity (Wildman–Crippen MR) is 138 cm³/mol. The van der Waals surface area contributed by atoms with Crippen molar-refractivity contribution in [2.75, 3.05) is 16.0 Å². The molecule has 0 saturated heterocycles. The summed E-state index contributed by atoms with van der Waals surface area (Å²) in [6.07, 6.45) is 0.747. The standard InChI is InChI=1S/C25H27N5OS2/c1-18(2)30(21-13-11-20(12-14-21)26-19-8-5-4-6-9-19)24(31)17-33-25-28-27-23(29(25)3)16-22-10-7-15-32-22/h4-15,18,26H,16-17H2,1-3H3. The Bertz CT molecular complexity index is 1170. The van der Waals surface area contributed by atoms with Crippen LogP contribution in [0.4, 0.5) is 17.1 Å². The van der Waals surface area contributed by atoms with Crippen LogP contribution < -0.4 is 10.2 Å². The van der Waals surface area contributed by atoms with Crippen LogP contribution in [0, 0.1) is 0 Å². The summed E-state index contributed by atoms with van der Waals surface area (Å²) in [4.78, 5) is 16.2. The van der Waals surface area contributed by atoms with Crippen LogP contribution in [-0.4, -0.2) is 32.5 Å². The Morgan fingerprint density at radius 1 is 1.03 bits per heavy atom. The van der Waals surface area contributed by atoms with E-state index in [0.29, 0.717) is 5.75 Å². The zero-order chi connectivity index (χ0) is 23.2. The third kappa shape index (κ3) is 5.83. The van der Waals surface area contributed by atoms with Crippen LogP contribution in [0.15, 0.2) is 77.3 Å². The topological polar surface area (TPSA) is 63.1 Å². The minimum Gasteiger partial charge on any atom is -0.356 e. The molecule has 2 heterocycles. The third-order valence-electron chi connectivity index (χ3n) is 5.16. The molecule has 6 nitrogen and oxygen atoms in total. The van der Waals surface area contributed by atoms with Crippen molar-refractivity contribution in [3.63, 3.8) is 0 Å². The van der Waals surface area contributed by atoms with Crippen molar-refractivity contribution in [3.05, 3.63) is 82.8 Å². The van der Waals surface area contributed by atoms with E-state index in [4.69, 9.17) is 0 Å². The van der Waals surface area contributed by atoms with E-state index >= 15 is 0 Å². The number of anilines is 3. The van der Waals surface area contributed by atoms with Crippen LogP contribution in [0.3, 0.4) is 0 Å². The molecule has 8 heteroatoms. The van der Waals surface area contributed by atoms with Crippen molar-refractivity contribution in [3.8, 4) is 0 Å². The highest BCUT2D eigenvalue weighted by molar-refractivity contribution is 7.99. The van der Waals surface area contributed by atoms with Gasteiger partial charge in [0.05, 0.1) is 5.75 Å². The SMILES string of the molecule is CC(C)N(C(=O)CSc1nnc(Cc2cccs2)n1C)c1ccc(Nc2ccccc2)cc1. The van der Waals surface area contributed by atoms with Gasteiger partial charge in [-0.15, -0.1) is 21.5 Å². The lowest BCUT2D eigenvalue weighted by molar-refractivity contribution is -0.116. The van der Waals surface area contributed by atoms with Gasteiger partial charge in [-0.2, -0.15) is 0 Å². The van der Waals surface area contributed by atoms with Gasteiger partial charge in [0.1, 0.15) is 5.82 Å². The molecule has 1 N–H and O–H groups in total. The van der Waals surface area contributed by atoms with E-state index < -0.39 is 0 Å². The van der Waals surface area contributed by atoms with Gasteiger partial charge in [0.2, 0.25) is 5.91 Å². The Hall–Kier alpha value is -3.10. The molecule has 0 spiro atoms. The molecule has 0 unspecified atom stereocenters. The smallest absolute Gasteiger partial charge is 0.237 e. The van der Waals surface area contributed by atoms with Crippen LogP contribution in [0.2, 0.25) is 0 Å². The molecular weight excluding hydrogens is 450 g/mol. The maximum absolute atomic E-state index is 13.1. The first-order valence-electron chi connectivity index (χ1n) is 10.8. The number of hydrogen-bond donors (Lipinski definition) is 1. The van der Waals surface area contributed by atoms with Crippen LogP contribution in [0.25, 0.3) is 0 Å². The minimum atomic E-state index is 0.0416. The summed E-state index contributed by atoms with van der Waals surface area (Å²) in [5.74, 6) is 1.24. The maximum atomic E-state index is 13.1. The number of rotatable bonds is 9. The lowest BCUT2D eigenvalue weighted by Crippen LogP contribution is -2.38. The summed E-state index contributed by atoms with van der Waals surface area (Å²) in [5.41, 5.74) is 2.89. The number of para-hydroxylation sites is 1. The van der Waals surface area contributed by atoms with Crippen LogP contribution >= 0.6 is 23.1 Å². The van der Waals surface area contributed by atoms with Crippen LogP contribution in [0.1, 0.15) is 24.5 Å². The Morgan fingerprint density at radius 2 is 1.76 bits per heavy atom. The number of carbonyl (C=O) groups excluding carboxylic acids is 1. The molecule has 0 fully saturated rings. The molecule has 1 amide bonds. The van der Waals surface area contributed by atoms with E-state index in [-0.39, 0.29) is 11.9 Å². The molecule has 33 heavy (non-hydrogen) atoms. The largest absolute Gasteiger partial charge is 0.356 e. The normalized spacial score (nSPS) is 11.0. The van der Waals surface area contributed by atoms with Gasteiger partial charge < -0.3 is 14.8 Å². The molecule has 0 atom stereocenters. The van der Waals surface area contributed by atoms with Crippen molar-refractivity contribution in [1.82, 2.24) is 14.8 Å². The fraction of sp³-hybridized carbons (Fsp3) is 0.240. The number of hydrogen-bond acceptors (Lipinski definition) is 6. The molecule has 170 valence electrons. The number of thioether (sulfide) groups is 1. The first-order valence-corrected chi connectivity index (χ1v) is 12.7. The van der Waals surface area contributed by atoms with Crippen LogP contribution in [0.5, 0.6) is 0 Å². The fourth-order valence-corrected chi connectivity index (χ4v) is 5.00. The number of amides is 1. The van der Waals surface area contributed by atoms with E-state index in [1.165, 1.54) is 16.6 Å². The van der Waals surface area contributed by atoms with Crippen LogP contribution in [-0.2, 0) is 18.3 Å². The third-order valence-corrected chi connectivity index (χ3v) is 7.04. The molecule has 4 aromatic rings. The van der Waals surface area contributed by atoms with Gasteiger partial charge in [-0.05, 0) is 61.7 Å². The second-order valence-electron chi connectivity index (χ2n) is 7.90. The van der Waals surface area contributed by atoms with E-state index in [2.05, 4.69) is 27.0 Å². The van der Waals surface area contributed by atoms with Gasteiger partial charge in [0, 0.05) is 41.4 Å². The van der Waals surface area contributed by atoms with Gasteiger partial charge in [0.25, 0.3) is 0 Å². The van der Waals surface area contributed by atoms with Gasteiger partial charge >= 0.3 is 0 Å². The minimum absolute atomic E-state index is 0.0416. The molecule has 4 rings (SSSR count). The lowest BCUT2D eigenvalue weighted by atomic mass is 10.2.